The molecule has 6 nitrogen and oxygen atoms in total. The number of halogens is 1. The summed E-state index contributed by atoms with van der Waals surface area (Å²) in [5.74, 6) is -1.24. The lowest BCUT2D eigenvalue weighted by Gasteiger charge is -2.21. The van der Waals surface area contributed by atoms with Crippen LogP contribution in [0.2, 0.25) is 5.02 Å². The van der Waals surface area contributed by atoms with E-state index in [1.165, 1.54) is 50.7 Å². The first-order valence-electron chi connectivity index (χ1n) is 15.6. The minimum Gasteiger partial charge on any atom is -0.480 e. The van der Waals surface area contributed by atoms with Crippen LogP contribution in [0.3, 0.4) is 0 Å². The normalized spacial score (nSPS) is 13.9. The van der Waals surface area contributed by atoms with Crippen molar-refractivity contribution in [1.82, 2.24) is 4.90 Å². The number of aliphatic carboxylic acids is 1. The van der Waals surface area contributed by atoms with Gasteiger partial charge in [-0.05, 0) is 68.9 Å². The average Bonchev–Trinajstić information content (AvgIpc) is 3.24. The minimum absolute atomic E-state index is 0.143. The molecule has 1 amide bonds. The van der Waals surface area contributed by atoms with Crippen molar-refractivity contribution < 1.29 is 14.7 Å². The number of aliphatic imine (C=N–C) groups is 1. The SMILES string of the molecule is C[C@@H](N=C(c1ccccc1)c1cc(Cl)ccc1NC(=O)CN1Cc2ccc3ccccc3c2-c2c(ccc3ccccc23)C1)C(=O)O. The number of nitrogens with zero attached hydrogens (tertiary/aromatic N) is 2. The van der Waals surface area contributed by atoms with Gasteiger partial charge in [0.15, 0.2) is 0 Å². The fourth-order valence-corrected chi connectivity index (χ4v) is 6.67. The van der Waals surface area contributed by atoms with Crippen LogP contribution in [0.25, 0.3) is 32.7 Å². The van der Waals surface area contributed by atoms with Crippen molar-refractivity contribution in [2.45, 2.75) is 26.1 Å². The lowest BCUT2D eigenvalue weighted by atomic mass is 9.88. The molecular formula is C40H32ClN3O3. The molecule has 1 aliphatic rings. The number of carboxylic acids is 1. The lowest BCUT2D eigenvalue weighted by Crippen LogP contribution is -2.32. The van der Waals surface area contributed by atoms with E-state index in [9.17, 15) is 14.7 Å². The molecule has 0 fully saturated rings. The smallest absolute Gasteiger partial charge is 0.328 e. The summed E-state index contributed by atoms with van der Waals surface area (Å²) in [5.41, 5.74) is 6.98. The number of fused-ring (bicyclic) bond motifs is 7. The molecule has 0 radical (unpaired) electrons. The molecule has 0 bridgehead atoms. The van der Waals surface area contributed by atoms with Crippen molar-refractivity contribution >= 4 is 56.4 Å². The van der Waals surface area contributed by atoms with E-state index in [0.29, 0.717) is 35.1 Å². The van der Waals surface area contributed by atoms with Crippen molar-refractivity contribution in [3.63, 3.8) is 0 Å². The first-order chi connectivity index (χ1) is 22.9. The van der Waals surface area contributed by atoms with Crippen molar-refractivity contribution in [2.75, 3.05) is 11.9 Å². The number of rotatable bonds is 7. The minimum atomic E-state index is -1.05. The maximum Gasteiger partial charge on any atom is 0.328 e. The van der Waals surface area contributed by atoms with Gasteiger partial charge in [0.05, 0.1) is 17.9 Å². The van der Waals surface area contributed by atoms with Crippen molar-refractivity contribution in [3.8, 4) is 11.1 Å². The molecule has 0 aliphatic carbocycles. The highest BCUT2D eigenvalue weighted by atomic mass is 35.5. The van der Waals surface area contributed by atoms with Crippen LogP contribution in [-0.4, -0.2) is 40.2 Å². The van der Waals surface area contributed by atoms with Crippen LogP contribution in [0.15, 0.2) is 126 Å². The molecule has 0 saturated carbocycles. The Morgan fingerprint density at radius 1 is 0.787 bits per heavy atom. The molecule has 1 aliphatic heterocycles. The van der Waals surface area contributed by atoms with Crippen LogP contribution in [0.4, 0.5) is 5.69 Å². The van der Waals surface area contributed by atoms with E-state index in [0.717, 1.165) is 5.56 Å². The molecular weight excluding hydrogens is 606 g/mol. The predicted octanol–water partition coefficient (Wildman–Crippen LogP) is 8.58. The summed E-state index contributed by atoms with van der Waals surface area (Å²) in [4.78, 5) is 32.4. The molecule has 2 N–H and O–H groups in total. The van der Waals surface area contributed by atoms with E-state index < -0.39 is 12.0 Å². The molecule has 0 saturated heterocycles. The molecule has 7 heteroatoms. The number of amides is 1. The third-order valence-electron chi connectivity index (χ3n) is 8.67. The van der Waals surface area contributed by atoms with Gasteiger partial charge in [0, 0.05) is 29.2 Å². The van der Waals surface area contributed by atoms with E-state index >= 15 is 0 Å². The number of carboxylic acid groups (broad SMARTS) is 1. The Morgan fingerprint density at radius 2 is 1.36 bits per heavy atom. The monoisotopic (exact) mass is 637 g/mol. The van der Waals surface area contributed by atoms with Gasteiger partial charge >= 0.3 is 5.97 Å². The first-order valence-corrected chi connectivity index (χ1v) is 15.9. The Kier molecular flexibility index (Phi) is 8.29. The number of nitrogens with one attached hydrogen (secondary N) is 1. The highest BCUT2D eigenvalue weighted by Gasteiger charge is 2.25. The molecule has 0 spiro atoms. The van der Waals surface area contributed by atoms with Gasteiger partial charge in [-0.1, -0.05) is 115 Å². The highest BCUT2D eigenvalue weighted by Crippen LogP contribution is 2.42. The Morgan fingerprint density at radius 3 is 1.96 bits per heavy atom. The largest absolute Gasteiger partial charge is 0.480 e. The lowest BCUT2D eigenvalue weighted by molar-refractivity contribution is -0.138. The van der Waals surface area contributed by atoms with E-state index in [-0.39, 0.29) is 12.5 Å². The number of anilines is 1. The summed E-state index contributed by atoms with van der Waals surface area (Å²) < 4.78 is 0. The molecule has 47 heavy (non-hydrogen) atoms. The van der Waals surface area contributed by atoms with Crippen molar-refractivity contribution in [1.29, 1.82) is 0 Å². The van der Waals surface area contributed by atoms with Crippen molar-refractivity contribution in [3.05, 3.63) is 149 Å². The van der Waals surface area contributed by atoms with Gasteiger partial charge < -0.3 is 10.4 Å². The summed E-state index contributed by atoms with van der Waals surface area (Å²) in [6, 6.07) is 39.1. The van der Waals surface area contributed by atoms with Crippen LogP contribution in [0.5, 0.6) is 0 Å². The van der Waals surface area contributed by atoms with Crippen LogP contribution in [0, 0.1) is 0 Å². The van der Waals surface area contributed by atoms with E-state index in [4.69, 9.17) is 11.6 Å². The quantitative estimate of drug-likeness (QED) is 0.172. The first kappa shape index (κ1) is 30.4. The molecule has 1 heterocycles. The number of hydrogen-bond acceptors (Lipinski definition) is 4. The zero-order valence-electron chi connectivity index (χ0n) is 25.8. The molecule has 0 aromatic heterocycles. The van der Waals surface area contributed by atoms with Crippen LogP contribution >= 0.6 is 11.6 Å². The summed E-state index contributed by atoms with van der Waals surface area (Å²) in [6.07, 6.45) is 0. The third kappa shape index (κ3) is 6.13. The second kappa shape index (κ2) is 12.8. The van der Waals surface area contributed by atoms with Gasteiger partial charge in [-0.3, -0.25) is 14.7 Å². The molecule has 7 rings (SSSR count). The maximum absolute atomic E-state index is 13.8. The summed E-state index contributed by atoms with van der Waals surface area (Å²) in [6.45, 7) is 2.85. The van der Waals surface area contributed by atoms with Crippen LogP contribution in [0.1, 0.15) is 29.2 Å². The Balaban J connectivity index is 1.25. The van der Waals surface area contributed by atoms with Gasteiger partial charge in [-0.15, -0.1) is 0 Å². The standard InChI is InChI=1S/C40H32ClN3O3/c1-25(40(46)47)42-39(28-11-3-2-4-12-28)34-21-31(41)19-20-35(34)43-36(45)24-44-22-29-17-15-26-9-5-7-13-32(26)37(29)38-30(23-44)18-16-27-10-6-8-14-33(27)38/h2-21,25H,22-24H2,1H3,(H,43,45)(H,46,47)/t25-/m1/s1. The number of benzene rings is 6. The third-order valence-corrected chi connectivity index (χ3v) is 8.91. The summed E-state index contributed by atoms with van der Waals surface area (Å²) in [7, 11) is 0. The zero-order chi connectivity index (χ0) is 32.5. The fraction of sp³-hybridized carbons (Fsp3) is 0.125. The molecule has 6 aromatic rings. The number of carbonyl (C=O) groups excluding carboxylic acids is 1. The Labute approximate surface area is 278 Å². The second-order valence-corrected chi connectivity index (χ2v) is 12.3. The second-order valence-electron chi connectivity index (χ2n) is 11.9. The van der Waals surface area contributed by atoms with Gasteiger partial charge in [0.1, 0.15) is 6.04 Å². The van der Waals surface area contributed by atoms with E-state index in [2.05, 4.69) is 88.0 Å². The van der Waals surface area contributed by atoms with Crippen LogP contribution in [-0.2, 0) is 22.7 Å². The molecule has 0 unspecified atom stereocenters. The predicted molar refractivity (Wildman–Crippen MR) is 190 cm³/mol. The Hall–Kier alpha value is -5.30. The van der Waals surface area contributed by atoms with Crippen LogP contribution < -0.4 is 5.32 Å². The topological polar surface area (TPSA) is 82.0 Å². The summed E-state index contributed by atoms with van der Waals surface area (Å²) in [5, 5.41) is 17.9. The van der Waals surface area contributed by atoms with Gasteiger partial charge in [-0.25, -0.2) is 4.79 Å². The maximum atomic E-state index is 13.8. The molecule has 232 valence electrons. The van der Waals surface area contributed by atoms with Gasteiger partial charge in [0.2, 0.25) is 5.91 Å². The average molecular weight is 638 g/mol. The van der Waals surface area contributed by atoms with E-state index in [1.807, 2.05) is 30.3 Å². The summed E-state index contributed by atoms with van der Waals surface area (Å²) >= 11 is 6.44. The number of carbonyl (C=O) groups is 2. The number of hydrogen-bond donors (Lipinski definition) is 2. The fourth-order valence-electron chi connectivity index (χ4n) is 6.50. The van der Waals surface area contributed by atoms with Gasteiger partial charge in [-0.2, -0.15) is 0 Å². The Bertz CT molecular complexity index is 2110. The highest BCUT2D eigenvalue weighted by molar-refractivity contribution is 6.31. The van der Waals surface area contributed by atoms with Crippen molar-refractivity contribution in [2.24, 2.45) is 4.99 Å². The molecule has 1 atom stereocenters. The molecule has 6 aromatic carbocycles. The van der Waals surface area contributed by atoms with E-state index in [1.54, 1.807) is 18.2 Å². The zero-order valence-corrected chi connectivity index (χ0v) is 26.5. The van der Waals surface area contributed by atoms with Gasteiger partial charge in [0.25, 0.3) is 0 Å².